The third-order valence-corrected chi connectivity index (χ3v) is 3.61. The third kappa shape index (κ3) is 3.88. The van der Waals surface area contributed by atoms with Crippen LogP contribution in [-0.2, 0) is 4.79 Å². The minimum Gasteiger partial charge on any atom is -0.388 e. The molecule has 1 saturated heterocycles. The SMILES string of the molecule is CC(=O)c1ccc(N/N=C(/C(=O)N2CCCC2)C(N)=S)cc1. The van der Waals surface area contributed by atoms with Gasteiger partial charge in [-0.2, -0.15) is 5.10 Å². The first kappa shape index (κ1) is 16.1. The zero-order chi connectivity index (χ0) is 16.1. The van der Waals surface area contributed by atoms with Gasteiger partial charge in [0.25, 0.3) is 5.91 Å². The molecule has 1 aromatic rings. The largest absolute Gasteiger partial charge is 0.388 e. The summed E-state index contributed by atoms with van der Waals surface area (Å²) in [6.45, 7) is 2.90. The van der Waals surface area contributed by atoms with Crippen LogP contribution in [0.25, 0.3) is 0 Å². The molecular formula is C15H18N4O2S. The van der Waals surface area contributed by atoms with Gasteiger partial charge in [-0.1, -0.05) is 12.2 Å². The summed E-state index contributed by atoms with van der Waals surface area (Å²) in [6, 6.07) is 6.78. The number of amides is 1. The molecule has 0 atom stereocenters. The molecule has 0 aromatic heterocycles. The van der Waals surface area contributed by atoms with Gasteiger partial charge in [-0.15, -0.1) is 0 Å². The van der Waals surface area contributed by atoms with Crippen LogP contribution in [0.1, 0.15) is 30.1 Å². The Balaban J connectivity index is 2.11. The van der Waals surface area contributed by atoms with Crippen molar-refractivity contribution < 1.29 is 9.59 Å². The Morgan fingerprint density at radius 3 is 2.32 bits per heavy atom. The average molecular weight is 318 g/mol. The Bertz CT molecular complexity index is 619. The predicted molar refractivity (Wildman–Crippen MR) is 90.1 cm³/mol. The lowest BCUT2D eigenvalue weighted by molar-refractivity contribution is -0.122. The lowest BCUT2D eigenvalue weighted by Gasteiger charge is -2.16. The smallest absolute Gasteiger partial charge is 0.277 e. The Morgan fingerprint density at radius 2 is 1.82 bits per heavy atom. The summed E-state index contributed by atoms with van der Waals surface area (Å²) in [5, 5.41) is 4.04. The molecule has 1 aliphatic heterocycles. The Morgan fingerprint density at radius 1 is 1.23 bits per heavy atom. The molecule has 1 aromatic carbocycles. The van der Waals surface area contributed by atoms with Crippen molar-refractivity contribution >= 4 is 40.3 Å². The number of likely N-dealkylation sites (tertiary alicyclic amines) is 1. The number of ketones is 1. The number of nitrogens with zero attached hydrogens (tertiary/aromatic N) is 2. The number of hydrogen-bond donors (Lipinski definition) is 2. The van der Waals surface area contributed by atoms with Crippen LogP contribution in [0.3, 0.4) is 0 Å². The number of benzene rings is 1. The highest BCUT2D eigenvalue weighted by Gasteiger charge is 2.24. The summed E-state index contributed by atoms with van der Waals surface area (Å²) in [5.74, 6) is -0.263. The number of Topliss-reactive ketones (excluding diaryl/α,β-unsaturated/α-hetero) is 1. The maximum Gasteiger partial charge on any atom is 0.277 e. The van der Waals surface area contributed by atoms with Gasteiger partial charge >= 0.3 is 0 Å². The van der Waals surface area contributed by atoms with Crippen molar-refractivity contribution in [3.63, 3.8) is 0 Å². The van der Waals surface area contributed by atoms with Gasteiger partial charge in [0, 0.05) is 18.7 Å². The zero-order valence-electron chi connectivity index (χ0n) is 12.3. The summed E-state index contributed by atoms with van der Waals surface area (Å²) >= 11 is 4.91. The van der Waals surface area contributed by atoms with Crippen LogP contribution in [0, 0.1) is 0 Å². The van der Waals surface area contributed by atoms with Crippen LogP contribution in [0.5, 0.6) is 0 Å². The van der Waals surface area contributed by atoms with Crippen LogP contribution in [0.4, 0.5) is 5.69 Å². The molecule has 0 aliphatic carbocycles. The van der Waals surface area contributed by atoms with Gasteiger partial charge in [-0.25, -0.2) is 0 Å². The lowest BCUT2D eigenvalue weighted by atomic mass is 10.1. The first-order valence-corrected chi connectivity index (χ1v) is 7.43. The molecule has 0 bridgehead atoms. The van der Waals surface area contributed by atoms with E-state index in [2.05, 4.69) is 10.5 Å². The van der Waals surface area contributed by atoms with E-state index in [1.165, 1.54) is 6.92 Å². The molecule has 22 heavy (non-hydrogen) atoms. The second-order valence-electron chi connectivity index (χ2n) is 5.07. The van der Waals surface area contributed by atoms with E-state index in [0.29, 0.717) is 24.3 Å². The normalized spacial score (nSPS) is 14.8. The molecule has 1 amide bonds. The molecule has 7 heteroatoms. The van der Waals surface area contributed by atoms with Gasteiger partial charge in [-0.3, -0.25) is 15.0 Å². The number of hydrogen-bond acceptors (Lipinski definition) is 5. The van der Waals surface area contributed by atoms with Crippen molar-refractivity contribution in [1.29, 1.82) is 0 Å². The van der Waals surface area contributed by atoms with Crippen LogP contribution < -0.4 is 11.2 Å². The Kier molecular flexibility index (Phi) is 5.21. The molecular weight excluding hydrogens is 300 g/mol. The molecule has 0 spiro atoms. The second kappa shape index (κ2) is 7.13. The molecule has 2 rings (SSSR count). The molecule has 1 aliphatic rings. The lowest BCUT2D eigenvalue weighted by Crippen LogP contribution is -2.40. The molecule has 116 valence electrons. The Hall–Kier alpha value is -2.28. The van der Waals surface area contributed by atoms with Crippen molar-refractivity contribution in [2.45, 2.75) is 19.8 Å². The van der Waals surface area contributed by atoms with E-state index in [9.17, 15) is 9.59 Å². The van der Waals surface area contributed by atoms with Crippen LogP contribution >= 0.6 is 12.2 Å². The molecule has 3 N–H and O–H groups in total. The Labute approximate surface area is 134 Å². The van der Waals surface area contributed by atoms with E-state index in [4.69, 9.17) is 18.0 Å². The summed E-state index contributed by atoms with van der Waals surface area (Å²) in [7, 11) is 0. The third-order valence-electron chi connectivity index (χ3n) is 3.42. The van der Waals surface area contributed by atoms with Crippen molar-refractivity contribution in [3.8, 4) is 0 Å². The number of thiocarbonyl (C=S) groups is 1. The first-order valence-electron chi connectivity index (χ1n) is 7.03. The van der Waals surface area contributed by atoms with E-state index in [1.807, 2.05) is 0 Å². The highest BCUT2D eigenvalue weighted by molar-refractivity contribution is 7.82. The maximum atomic E-state index is 12.3. The number of hydrazone groups is 1. The minimum absolute atomic E-state index is 0.0110. The highest BCUT2D eigenvalue weighted by Crippen LogP contribution is 2.11. The van der Waals surface area contributed by atoms with Gasteiger partial charge in [0.1, 0.15) is 4.99 Å². The van der Waals surface area contributed by atoms with Crippen molar-refractivity contribution in [2.75, 3.05) is 18.5 Å². The van der Waals surface area contributed by atoms with Gasteiger partial charge in [0.15, 0.2) is 11.5 Å². The number of nitrogens with two attached hydrogens (primary N) is 1. The predicted octanol–water partition coefficient (Wildman–Crippen LogP) is 1.57. The van der Waals surface area contributed by atoms with E-state index >= 15 is 0 Å². The van der Waals surface area contributed by atoms with Gasteiger partial charge in [-0.05, 0) is 44.0 Å². The first-order chi connectivity index (χ1) is 10.5. The molecule has 6 nitrogen and oxygen atoms in total. The van der Waals surface area contributed by atoms with Crippen LogP contribution in [0.2, 0.25) is 0 Å². The van der Waals surface area contributed by atoms with Crippen molar-refractivity contribution in [2.24, 2.45) is 10.8 Å². The zero-order valence-corrected chi connectivity index (χ0v) is 13.2. The fraction of sp³-hybridized carbons (Fsp3) is 0.333. The quantitative estimate of drug-likeness (QED) is 0.372. The minimum atomic E-state index is -0.252. The average Bonchev–Trinajstić information content (AvgIpc) is 3.01. The molecule has 1 fully saturated rings. The fourth-order valence-corrected chi connectivity index (χ4v) is 2.31. The standard InChI is InChI=1S/C15H18N4O2S/c1-10(20)11-4-6-12(7-5-11)17-18-13(14(16)22)15(21)19-8-2-3-9-19/h4-7,17H,2-3,8-9H2,1H3,(H2,16,22)/b18-13+. The van der Waals surface area contributed by atoms with E-state index < -0.39 is 0 Å². The number of carbonyl (C=O) groups is 2. The number of rotatable bonds is 5. The highest BCUT2D eigenvalue weighted by atomic mass is 32.1. The number of nitrogens with one attached hydrogen (secondary N) is 1. The second-order valence-corrected chi connectivity index (χ2v) is 5.51. The number of carbonyl (C=O) groups excluding carboxylic acids is 2. The molecule has 0 radical (unpaired) electrons. The summed E-state index contributed by atoms with van der Waals surface area (Å²) in [4.78, 5) is 25.2. The summed E-state index contributed by atoms with van der Waals surface area (Å²) in [5.41, 5.74) is 9.66. The molecule has 0 unspecified atom stereocenters. The summed E-state index contributed by atoms with van der Waals surface area (Å²) in [6.07, 6.45) is 1.96. The van der Waals surface area contributed by atoms with E-state index in [0.717, 1.165) is 12.8 Å². The maximum absolute atomic E-state index is 12.3. The van der Waals surface area contributed by atoms with E-state index in [1.54, 1.807) is 29.2 Å². The fourth-order valence-electron chi connectivity index (χ4n) is 2.18. The van der Waals surface area contributed by atoms with Crippen molar-refractivity contribution in [1.82, 2.24) is 4.90 Å². The van der Waals surface area contributed by atoms with E-state index in [-0.39, 0.29) is 22.4 Å². The van der Waals surface area contributed by atoms with Crippen LogP contribution in [0.15, 0.2) is 29.4 Å². The molecule has 0 saturated carbocycles. The van der Waals surface area contributed by atoms with Crippen molar-refractivity contribution in [3.05, 3.63) is 29.8 Å². The summed E-state index contributed by atoms with van der Waals surface area (Å²) < 4.78 is 0. The van der Waals surface area contributed by atoms with Gasteiger partial charge in [0.2, 0.25) is 0 Å². The van der Waals surface area contributed by atoms with Gasteiger partial charge in [0.05, 0.1) is 5.69 Å². The van der Waals surface area contributed by atoms with Crippen LogP contribution in [-0.4, -0.2) is 40.4 Å². The number of anilines is 1. The molecule has 1 heterocycles. The monoisotopic (exact) mass is 318 g/mol. The van der Waals surface area contributed by atoms with Gasteiger partial charge < -0.3 is 10.6 Å². The topological polar surface area (TPSA) is 87.8 Å².